The van der Waals surface area contributed by atoms with E-state index in [1.165, 1.54) is 35.0 Å². The second-order valence-corrected chi connectivity index (χ2v) is 5.15. The maximum atomic E-state index is 13.0. The molecule has 24 heavy (non-hydrogen) atoms. The van der Waals surface area contributed by atoms with Gasteiger partial charge in [0.1, 0.15) is 12.4 Å². The third kappa shape index (κ3) is 3.96. The summed E-state index contributed by atoms with van der Waals surface area (Å²) in [6.07, 6.45) is 1.38. The fraction of sp³-hybridized carbons (Fsp3) is 0.312. The standard InChI is InChI=1S/C16H18FN3O4/c1-11-14(16(23)19(7-8-24-2)10-15(21)22)9-18-20(11)13-5-3-12(17)4-6-13/h3-6,9H,7-8,10H2,1-2H3,(H,21,22). The summed E-state index contributed by atoms with van der Waals surface area (Å²) in [5, 5.41) is 13.1. The Hall–Kier alpha value is -2.74. The number of carboxylic acid groups (broad SMARTS) is 1. The van der Waals surface area contributed by atoms with Crippen molar-refractivity contribution >= 4 is 11.9 Å². The summed E-state index contributed by atoms with van der Waals surface area (Å²) < 4.78 is 19.4. The molecule has 0 spiro atoms. The number of nitrogens with zero attached hydrogens (tertiary/aromatic N) is 3. The highest BCUT2D eigenvalue weighted by molar-refractivity contribution is 5.96. The van der Waals surface area contributed by atoms with E-state index in [2.05, 4.69) is 5.10 Å². The summed E-state index contributed by atoms with van der Waals surface area (Å²) in [7, 11) is 1.47. The van der Waals surface area contributed by atoms with E-state index < -0.39 is 18.4 Å². The van der Waals surface area contributed by atoms with Crippen LogP contribution in [0.2, 0.25) is 0 Å². The van der Waals surface area contributed by atoms with Crippen molar-refractivity contribution in [3.8, 4) is 5.69 Å². The number of carboxylic acids is 1. The maximum absolute atomic E-state index is 13.0. The van der Waals surface area contributed by atoms with Crippen LogP contribution in [0.5, 0.6) is 0 Å². The van der Waals surface area contributed by atoms with E-state index in [1.807, 2.05) is 0 Å². The van der Waals surface area contributed by atoms with Crippen LogP contribution in [0.3, 0.4) is 0 Å². The van der Waals surface area contributed by atoms with E-state index >= 15 is 0 Å². The summed E-state index contributed by atoms with van der Waals surface area (Å²) in [5.74, 6) is -1.92. The Kier molecular flexibility index (Phi) is 5.64. The van der Waals surface area contributed by atoms with Crippen LogP contribution in [-0.2, 0) is 9.53 Å². The second-order valence-electron chi connectivity index (χ2n) is 5.15. The van der Waals surface area contributed by atoms with Crippen molar-refractivity contribution in [3.63, 3.8) is 0 Å². The summed E-state index contributed by atoms with van der Waals surface area (Å²) in [6.45, 7) is 1.65. The zero-order valence-corrected chi connectivity index (χ0v) is 13.4. The van der Waals surface area contributed by atoms with E-state index in [9.17, 15) is 14.0 Å². The van der Waals surface area contributed by atoms with Crippen LogP contribution in [0.1, 0.15) is 16.1 Å². The van der Waals surface area contributed by atoms with Crippen molar-refractivity contribution in [2.75, 3.05) is 26.8 Å². The van der Waals surface area contributed by atoms with Crippen molar-refractivity contribution < 1.29 is 23.8 Å². The fourth-order valence-corrected chi connectivity index (χ4v) is 2.25. The zero-order valence-electron chi connectivity index (χ0n) is 13.4. The first-order valence-corrected chi connectivity index (χ1v) is 7.24. The van der Waals surface area contributed by atoms with Crippen LogP contribution in [0, 0.1) is 12.7 Å². The Balaban J connectivity index is 2.28. The fourth-order valence-electron chi connectivity index (χ4n) is 2.25. The van der Waals surface area contributed by atoms with Crippen LogP contribution in [0.25, 0.3) is 5.69 Å². The lowest BCUT2D eigenvalue weighted by Crippen LogP contribution is -2.38. The van der Waals surface area contributed by atoms with Crippen LogP contribution in [0.15, 0.2) is 30.5 Å². The minimum absolute atomic E-state index is 0.156. The topological polar surface area (TPSA) is 84.7 Å². The van der Waals surface area contributed by atoms with Crippen LogP contribution in [-0.4, -0.2) is 58.5 Å². The number of carbonyl (C=O) groups is 2. The molecule has 1 amide bonds. The van der Waals surface area contributed by atoms with Crippen LogP contribution in [0.4, 0.5) is 4.39 Å². The normalized spacial score (nSPS) is 10.6. The van der Waals surface area contributed by atoms with Gasteiger partial charge in [-0.2, -0.15) is 5.10 Å². The molecule has 0 radical (unpaired) electrons. The Labute approximate surface area is 138 Å². The molecule has 0 unspecified atom stereocenters. The molecule has 7 nitrogen and oxygen atoms in total. The highest BCUT2D eigenvalue weighted by Gasteiger charge is 2.22. The molecule has 0 fully saturated rings. The van der Waals surface area contributed by atoms with Crippen LogP contribution >= 0.6 is 0 Å². The summed E-state index contributed by atoms with van der Waals surface area (Å²) in [5.41, 5.74) is 1.44. The van der Waals surface area contributed by atoms with Crippen molar-refractivity contribution in [2.45, 2.75) is 6.92 Å². The molecule has 1 heterocycles. The molecule has 1 N–H and O–H groups in total. The van der Waals surface area contributed by atoms with Gasteiger partial charge in [0.25, 0.3) is 5.91 Å². The number of hydrogen-bond acceptors (Lipinski definition) is 4. The van der Waals surface area contributed by atoms with E-state index in [4.69, 9.17) is 9.84 Å². The SMILES string of the molecule is COCCN(CC(=O)O)C(=O)c1cnn(-c2ccc(F)cc2)c1C. The molecule has 2 aromatic rings. The molecule has 128 valence electrons. The van der Waals surface area contributed by atoms with Gasteiger partial charge in [0.15, 0.2) is 0 Å². The Bertz CT molecular complexity index is 727. The molecule has 2 rings (SSSR count). The van der Waals surface area contributed by atoms with Crippen molar-refractivity contribution in [2.24, 2.45) is 0 Å². The first kappa shape index (κ1) is 17.6. The lowest BCUT2D eigenvalue weighted by molar-refractivity contribution is -0.137. The van der Waals surface area contributed by atoms with Gasteiger partial charge in [0.2, 0.25) is 0 Å². The average Bonchev–Trinajstić information content (AvgIpc) is 2.93. The maximum Gasteiger partial charge on any atom is 0.323 e. The van der Waals surface area contributed by atoms with E-state index in [1.54, 1.807) is 19.1 Å². The molecule has 0 aliphatic heterocycles. The number of halogens is 1. The first-order chi connectivity index (χ1) is 11.4. The number of aromatic nitrogens is 2. The van der Waals surface area contributed by atoms with Crippen molar-refractivity contribution in [1.29, 1.82) is 0 Å². The number of hydrogen-bond donors (Lipinski definition) is 1. The van der Waals surface area contributed by atoms with Gasteiger partial charge in [-0.25, -0.2) is 9.07 Å². The molecule has 0 aliphatic rings. The number of carbonyl (C=O) groups excluding carboxylic acids is 1. The largest absolute Gasteiger partial charge is 0.480 e. The molecular formula is C16H18FN3O4. The van der Waals surface area contributed by atoms with E-state index in [-0.39, 0.29) is 24.5 Å². The molecule has 0 saturated heterocycles. The Morgan fingerprint density at radius 3 is 2.58 bits per heavy atom. The third-order valence-corrected chi connectivity index (χ3v) is 3.49. The number of rotatable bonds is 7. The van der Waals surface area contributed by atoms with Gasteiger partial charge in [-0.1, -0.05) is 0 Å². The Morgan fingerprint density at radius 2 is 2.00 bits per heavy atom. The predicted molar refractivity (Wildman–Crippen MR) is 83.7 cm³/mol. The number of amides is 1. The smallest absolute Gasteiger partial charge is 0.323 e. The van der Waals surface area contributed by atoms with Gasteiger partial charge in [-0.15, -0.1) is 0 Å². The molecule has 0 bridgehead atoms. The number of ether oxygens (including phenoxy) is 1. The number of aliphatic carboxylic acids is 1. The number of methoxy groups -OCH3 is 1. The summed E-state index contributed by atoms with van der Waals surface area (Å²) >= 11 is 0. The minimum atomic E-state index is -1.11. The van der Waals surface area contributed by atoms with Crippen molar-refractivity contribution in [1.82, 2.24) is 14.7 Å². The molecule has 0 saturated carbocycles. The second kappa shape index (κ2) is 7.69. The molecule has 0 aliphatic carbocycles. The van der Waals surface area contributed by atoms with E-state index in [0.29, 0.717) is 11.4 Å². The molecule has 0 atom stereocenters. The average molecular weight is 335 g/mol. The van der Waals surface area contributed by atoms with E-state index in [0.717, 1.165) is 0 Å². The predicted octanol–water partition coefficient (Wildman–Crippen LogP) is 1.49. The minimum Gasteiger partial charge on any atom is -0.480 e. The van der Waals surface area contributed by atoms with Gasteiger partial charge in [0, 0.05) is 13.7 Å². The van der Waals surface area contributed by atoms with Crippen molar-refractivity contribution in [3.05, 3.63) is 47.5 Å². The zero-order chi connectivity index (χ0) is 17.7. The van der Waals surface area contributed by atoms with Crippen LogP contribution < -0.4 is 0 Å². The molecule has 8 heteroatoms. The van der Waals surface area contributed by atoms with Gasteiger partial charge in [0.05, 0.1) is 29.7 Å². The Morgan fingerprint density at radius 1 is 1.33 bits per heavy atom. The molecule has 1 aromatic carbocycles. The van der Waals surface area contributed by atoms with Gasteiger partial charge < -0.3 is 14.7 Å². The summed E-state index contributed by atoms with van der Waals surface area (Å²) in [4.78, 5) is 24.7. The van der Waals surface area contributed by atoms with Gasteiger partial charge in [-0.3, -0.25) is 9.59 Å². The lowest BCUT2D eigenvalue weighted by Gasteiger charge is -2.20. The quantitative estimate of drug-likeness (QED) is 0.829. The lowest BCUT2D eigenvalue weighted by atomic mass is 10.2. The van der Waals surface area contributed by atoms with Gasteiger partial charge >= 0.3 is 5.97 Å². The highest BCUT2D eigenvalue weighted by Crippen LogP contribution is 2.16. The first-order valence-electron chi connectivity index (χ1n) is 7.24. The number of benzene rings is 1. The van der Waals surface area contributed by atoms with Gasteiger partial charge in [-0.05, 0) is 31.2 Å². The summed E-state index contributed by atoms with van der Waals surface area (Å²) in [6, 6.07) is 5.69. The molecular weight excluding hydrogens is 317 g/mol. The molecule has 1 aromatic heterocycles. The highest BCUT2D eigenvalue weighted by atomic mass is 19.1. The third-order valence-electron chi connectivity index (χ3n) is 3.49. The monoisotopic (exact) mass is 335 g/mol.